The number of hydrogen-bond acceptors (Lipinski definition) is 4. The summed E-state index contributed by atoms with van der Waals surface area (Å²) in [6.07, 6.45) is 5.90. The van der Waals surface area contributed by atoms with E-state index in [1.807, 2.05) is 4.90 Å². The molecule has 0 aromatic carbocycles. The molecular weight excluding hydrogens is 304 g/mol. The molecule has 0 unspecified atom stereocenters. The van der Waals surface area contributed by atoms with Crippen molar-refractivity contribution in [1.29, 1.82) is 0 Å². The third-order valence-corrected chi connectivity index (χ3v) is 4.21. The maximum Gasteiger partial charge on any atom is 0.271 e. The SMILES string of the molecule is CC(=O)N1CCC[C@H](Cc2nccnc2C(=O)NCC(C)(C)C)C1. The van der Waals surface area contributed by atoms with Crippen LogP contribution in [0.25, 0.3) is 0 Å². The molecule has 1 aromatic heterocycles. The van der Waals surface area contributed by atoms with Gasteiger partial charge < -0.3 is 10.2 Å². The lowest BCUT2D eigenvalue weighted by atomic mass is 9.92. The average Bonchev–Trinajstić information content (AvgIpc) is 2.52. The summed E-state index contributed by atoms with van der Waals surface area (Å²) in [4.78, 5) is 34.5. The fourth-order valence-electron chi connectivity index (χ4n) is 2.93. The second kappa shape index (κ2) is 7.73. The molecule has 6 heteroatoms. The van der Waals surface area contributed by atoms with Crippen LogP contribution < -0.4 is 5.32 Å². The number of hydrogen-bond donors (Lipinski definition) is 1. The number of amides is 2. The predicted octanol–water partition coefficient (Wildman–Crippen LogP) is 2.05. The van der Waals surface area contributed by atoms with Crippen LogP contribution in [0.1, 0.15) is 56.7 Å². The molecule has 24 heavy (non-hydrogen) atoms. The van der Waals surface area contributed by atoms with E-state index in [0.717, 1.165) is 31.6 Å². The van der Waals surface area contributed by atoms with Gasteiger partial charge in [-0.25, -0.2) is 4.98 Å². The van der Waals surface area contributed by atoms with Crippen LogP contribution in [0.4, 0.5) is 0 Å². The van der Waals surface area contributed by atoms with Crippen molar-refractivity contribution in [2.45, 2.75) is 47.0 Å². The topological polar surface area (TPSA) is 75.2 Å². The van der Waals surface area contributed by atoms with Crippen LogP contribution in [0.15, 0.2) is 12.4 Å². The zero-order chi connectivity index (χ0) is 17.7. The van der Waals surface area contributed by atoms with E-state index in [2.05, 4.69) is 36.1 Å². The van der Waals surface area contributed by atoms with Gasteiger partial charge in [0.05, 0.1) is 5.69 Å². The molecule has 0 radical (unpaired) electrons. The number of nitrogens with one attached hydrogen (secondary N) is 1. The first kappa shape index (κ1) is 18.4. The molecule has 0 spiro atoms. The maximum atomic E-state index is 12.4. The van der Waals surface area contributed by atoms with Gasteiger partial charge in [0.15, 0.2) is 0 Å². The van der Waals surface area contributed by atoms with Gasteiger partial charge in [0.1, 0.15) is 5.69 Å². The minimum atomic E-state index is -0.174. The second-order valence-corrected chi connectivity index (χ2v) is 7.77. The first-order valence-corrected chi connectivity index (χ1v) is 8.60. The molecule has 1 saturated heterocycles. The zero-order valence-electron chi connectivity index (χ0n) is 15.1. The highest BCUT2D eigenvalue weighted by Crippen LogP contribution is 2.21. The number of likely N-dealkylation sites (tertiary alicyclic amines) is 1. The Kier molecular flexibility index (Phi) is 5.91. The highest BCUT2D eigenvalue weighted by molar-refractivity contribution is 5.93. The summed E-state index contributed by atoms with van der Waals surface area (Å²) in [6.45, 7) is 9.97. The molecule has 0 bridgehead atoms. The van der Waals surface area contributed by atoms with E-state index in [-0.39, 0.29) is 17.2 Å². The molecule has 0 aliphatic carbocycles. The van der Waals surface area contributed by atoms with Crippen molar-refractivity contribution < 1.29 is 9.59 Å². The van der Waals surface area contributed by atoms with Crippen molar-refractivity contribution in [1.82, 2.24) is 20.2 Å². The van der Waals surface area contributed by atoms with Crippen molar-refractivity contribution in [2.24, 2.45) is 11.3 Å². The Morgan fingerprint density at radius 3 is 2.67 bits per heavy atom. The molecule has 2 amide bonds. The number of aromatic nitrogens is 2. The summed E-state index contributed by atoms with van der Waals surface area (Å²) in [5, 5.41) is 2.94. The molecular formula is C18H28N4O2. The van der Waals surface area contributed by atoms with E-state index in [1.54, 1.807) is 19.3 Å². The van der Waals surface area contributed by atoms with Gasteiger partial charge in [0, 0.05) is 39.0 Å². The van der Waals surface area contributed by atoms with Gasteiger partial charge in [0.2, 0.25) is 5.91 Å². The minimum Gasteiger partial charge on any atom is -0.350 e. The highest BCUT2D eigenvalue weighted by atomic mass is 16.2. The average molecular weight is 332 g/mol. The van der Waals surface area contributed by atoms with Crippen LogP contribution in [0.2, 0.25) is 0 Å². The summed E-state index contributed by atoms with van der Waals surface area (Å²) in [5.41, 5.74) is 1.14. The Bertz CT molecular complexity index is 595. The molecule has 1 aromatic rings. The normalized spacial score (nSPS) is 18.3. The van der Waals surface area contributed by atoms with Crippen LogP contribution in [0.5, 0.6) is 0 Å². The van der Waals surface area contributed by atoms with E-state index in [9.17, 15) is 9.59 Å². The lowest BCUT2D eigenvalue weighted by Crippen LogP contribution is -2.39. The van der Waals surface area contributed by atoms with Crippen molar-refractivity contribution in [3.8, 4) is 0 Å². The second-order valence-electron chi connectivity index (χ2n) is 7.77. The Morgan fingerprint density at radius 1 is 1.29 bits per heavy atom. The monoisotopic (exact) mass is 332 g/mol. The quantitative estimate of drug-likeness (QED) is 0.916. The fraction of sp³-hybridized carbons (Fsp3) is 0.667. The molecule has 1 fully saturated rings. The van der Waals surface area contributed by atoms with E-state index >= 15 is 0 Å². The standard InChI is InChI=1S/C18H28N4O2/c1-13(23)22-9-5-6-14(11-22)10-15-16(20-8-7-19-15)17(24)21-12-18(2,3)4/h7-8,14H,5-6,9-12H2,1-4H3,(H,21,24)/t14-/m1/s1. The van der Waals surface area contributed by atoms with Gasteiger partial charge in [-0.1, -0.05) is 20.8 Å². The number of rotatable bonds is 4. The molecule has 2 heterocycles. The molecule has 1 aliphatic rings. The minimum absolute atomic E-state index is 0.0173. The van der Waals surface area contributed by atoms with Crippen molar-refractivity contribution in [3.63, 3.8) is 0 Å². The fourth-order valence-corrected chi connectivity index (χ4v) is 2.93. The van der Waals surface area contributed by atoms with E-state index < -0.39 is 0 Å². The highest BCUT2D eigenvalue weighted by Gasteiger charge is 2.25. The van der Waals surface area contributed by atoms with Gasteiger partial charge in [-0.2, -0.15) is 0 Å². The van der Waals surface area contributed by atoms with Gasteiger partial charge in [-0.15, -0.1) is 0 Å². The Morgan fingerprint density at radius 2 is 2.00 bits per heavy atom. The smallest absolute Gasteiger partial charge is 0.271 e. The first-order chi connectivity index (χ1) is 11.3. The number of piperidine rings is 1. The molecule has 6 nitrogen and oxygen atoms in total. The summed E-state index contributed by atoms with van der Waals surface area (Å²) >= 11 is 0. The third kappa shape index (κ3) is 5.28. The number of carbonyl (C=O) groups excluding carboxylic acids is 2. The van der Waals surface area contributed by atoms with Crippen molar-refractivity contribution in [3.05, 3.63) is 23.8 Å². The number of carbonyl (C=O) groups is 2. The van der Waals surface area contributed by atoms with Crippen LogP contribution >= 0.6 is 0 Å². The largest absolute Gasteiger partial charge is 0.350 e. The molecule has 1 N–H and O–H groups in total. The molecule has 1 atom stereocenters. The zero-order valence-corrected chi connectivity index (χ0v) is 15.1. The predicted molar refractivity (Wildman–Crippen MR) is 92.5 cm³/mol. The van der Waals surface area contributed by atoms with Crippen LogP contribution in [0.3, 0.4) is 0 Å². The maximum absolute atomic E-state index is 12.4. The summed E-state index contributed by atoms with van der Waals surface area (Å²) < 4.78 is 0. The van der Waals surface area contributed by atoms with Crippen molar-refractivity contribution in [2.75, 3.05) is 19.6 Å². The third-order valence-electron chi connectivity index (χ3n) is 4.21. The summed E-state index contributed by atoms with van der Waals surface area (Å²) in [7, 11) is 0. The lowest BCUT2D eigenvalue weighted by Gasteiger charge is -2.32. The Hall–Kier alpha value is -1.98. The first-order valence-electron chi connectivity index (χ1n) is 8.60. The van der Waals surface area contributed by atoms with Crippen LogP contribution in [0, 0.1) is 11.3 Å². The van der Waals surface area contributed by atoms with Gasteiger partial charge in [-0.05, 0) is 30.6 Å². The molecule has 0 saturated carbocycles. The van der Waals surface area contributed by atoms with Crippen molar-refractivity contribution >= 4 is 11.8 Å². The van der Waals surface area contributed by atoms with Gasteiger partial charge in [0.25, 0.3) is 5.91 Å². The molecule has 1 aliphatic heterocycles. The van der Waals surface area contributed by atoms with Crippen LogP contribution in [-0.2, 0) is 11.2 Å². The summed E-state index contributed by atoms with van der Waals surface area (Å²) in [6, 6.07) is 0. The molecule has 2 rings (SSSR count). The van der Waals surface area contributed by atoms with Gasteiger partial charge >= 0.3 is 0 Å². The summed E-state index contributed by atoms with van der Waals surface area (Å²) in [5.74, 6) is 0.266. The van der Waals surface area contributed by atoms with E-state index in [4.69, 9.17) is 0 Å². The Labute approximate surface area is 144 Å². The molecule has 132 valence electrons. The van der Waals surface area contributed by atoms with E-state index in [1.165, 1.54) is 0 Å². The van der Waals surface area contributed by atoms with Gasteiger partial charge in [-0.3, -0.25) is 14.6 Å². The number of nitrogens with zero attached hydrogens (tertiary/aromatic N) is 3. The Balaban J connectivity index is 2.05. The van der Waals surface area contributed by atoms with Crippen LogP contribution in [-0.4, -0.2) is 46.3 Å². The van der Waals surface area contributed by atoms with E-state index in [0.29, 0.717) is 24.6 Å². The lowest BCUT2D eigenvalue weighted by molar-refractivity contribution is -0.130.